The van der Waals surface area contributed by atoms with Crippen molar-refractivity contribution in [3.8, 4) is 0 Å². The fourth-order valence-corrected chi connectivity index (χ4v) is 7.61. The number of hydrogen-bond donors (Lipinski definition) is 5. The zero-order valence-corrected chi connectivity index (χ0v) is 22.6. The van der Waals surface area contributed by atoms with Crippen molar-refractivity contribution in [2.24, 2.45) is 21.7 Å². The van der Waals surface area contributed by atoms with Crippen LogP contribution >= 0.6 is 34.9 Å². The second-order valence-corrected chi connectivity index (χ2v) is 11.6. The highest BCUT2D eigenvalue weighted by molar-refractivity contribution is 8.14. The van der Waals surface area contributed by atoms with Gasteiger partial charge in [0.25, 0.3) is 11.8 Å². The summed E-state index contributed by atoms with van der Waals surface area (Å²) in [7, 11) is 1.28. The number of nitrogens with two attached hydrogens (primary N) is 3. The second kappa shape index (κ2) is 10.6. The standard InChI is InChI=1S/C21H25N9O5S3/c1-35-28-12(11-7-37-20(23)25-11)16(31)27-13-17(32)29-14(19(33)34)8(5-36-18(13)29)6-38-21-26-10-4-2-3-9(10)15(22)30(21)24/h7,13,15,18H,2-6,22,24H2,1H3,(H2,23,25)(H,27,31)(H,33,34)/b28-12-/t13?,15?,18-/m0/s1. The summed E-state index contributed by atoms with van der Waals surface area (Å²) >= 11 is 3.77. The first kappa shape index (κ1) is 26.5. The van der Waals surface area contributed by atoms with Crippen LogP contribution in [-0.2, 0) is 19.2 Å². The van der Waals surface area contributed by atoms with Crippen molar-refractivity contribution in [2.45, 2.75) is 36.8 Å². The van der Waals surface area contributed by atoms with Gasteiger partial charge in [0.15, 0.2) is 16.0 Å². The van der Waals surface area contributed by atoms with Crippen molar-refractivity contribution in [3.63, 3.8) is 0 Å². The Labute approximate surface area is 229 Å². The topological polar surface area (TPSA) is 215 Å². The number of allylic oxidation sites excluding steroid dienone is 1. The van der Waals surface area contributed by atoms with Crippen molar-refractivity contribution >= 4 is 68.7 Å². The van der Waals surface area contributed by atoms with Gasteiger partial charge < -0.3 is 26.7 Å². The van der Waals surface area contributed by atoms with Crippen molar-refractivity contribution in [2.75, 3.05) is 24.3 Å². The van der Waals surface area contributed by atoms with Gasteiger partial charge in [0, 0.05) is 22.6 Å². The molecule has 0 radical (unpaired) electrons. The van der Waals surface area contributed by atoms with E-state index in [1.807, 2.05) is 0 Å². The van der Waals surface area contributed by atoms with Crippen LogP contribution in [0.25, 0.3) is 0 Å². The van der Waals surface area contributed by atoms with E-state index < -0.39 is 35.4 Å². The van der Waals surface area contributed by atoms with Gasteiger partial charge in [-0.25, -0.2) is 20.6 Å². The number of thiazole rings is 1. The van der Waals surface area contributed by atoms with Gasteiger partial charge in [-0.15, -0.1) is 23.1 Å². The number of carboxylic acid groups (broad SMARTS) is 1. The van der Waals surface area contributed by atoms with E-state index in [1.165, 1.54) is 40.5 Å². The number of aliphatic carboxylic acids is 1. The number of nitrogen functional groups attached to an aromatic ring is 1. The van der Waals surface area contributed by atoms with Gasteiger partial charge in [0.05, 0.1) is 0 Å². The molecule has 8 N–H and O–H groups in total. The predicted molar refractivity (Wildman–Crippen MR) is 145 cm³/mol. The molecule has 0 saturated carbocycles. The zero-order chi connectivity index (χ0) is 27.1. The van der Waals surface area contributed by atoms with Gasteiger partial charge in [-0.3, -0.25) is 19.5 Å². The number of carbonyl (C=O) groups excluding carboxylic acids is 2. The molecule has 0 spiro atoms. The summed E-state index contributed by atoms with van der Waals surface area (Å²) in [5, 5.41) is 19.4. The van der Waals surface area contributed by atoms with Crippen LogP contribution in [0.2, 0.25) is 0 Å². The lowest BCUT2D eigenvalue weighted by Gasteiger charge is -2.49. The number of hydrogen-bond acceptors (Lipinski definition) is 14. The van der Waals surface area contributed by atoms with Crippen molar-refractivity contribution < 1.29 is 24.3 Å². The summed E-state index contributed by atoms with van der Waals surface area (Å²) in [5.41, 5.74) is 14.4. The molecule has 202 valence electrons. The Morgan fingerprint density at radius 2 is 2.18 bits per heavy atom. The number of aromatic nitrogens is 1. The normalized spacial score (nSPS) is 25.1. The molecule has 4 aliphatic rings. The van der Waals surface area contributed by atoms with Gasteiger partial charge in [-0.2, -0.15) is 0 Å². The summed E-state index contributed by atoms with van der Waals surface area (Å²) in [4.78, 5) is 52.8. The molecule has 14 nitrogen and oxygen atoms in total. The summed E-state index contributed by atoms with van der Waals surface area (Å²) in [6.45, 7) is 0. The average Bonchev–Trinajstić information content (AvgIpc) is 3.55. The summed E-state index contributed by atoms with van der Waals surface area (Å²) < 4.78 is 0. The van der Waals surface area contributed by atoms with Gasteiger partial charge >= 0.3 is 5.97 Å². The maximum absolute atomic E-state index is 13.1. The summed E-state index contributed by atoms with van der Waals surface area (Å²) in [6, 6.07) is -0.943. The smallest absolute Gasteiger partial charge is 0.352 e. The Hall–Kier alpha value is -3.12. The van der Waals surface area contributed by atoms with Crippen molar-refractivity contribution in [1.29, 1.82) is 0 Å². The number of amides is 2. The van der Waals surface area contributed by atoms with E-state index in [2.05, 4.69) is 20.4 Å². The average molecular weight is 580 g/mol. The number of amidine groups is 1. The maximum atomic E-state index is 13.1. The molecule has 0 bridgehead atoms. The molecule has 3 aliphatic heterocycles. The Morgan fingerprint density at radius 3 is 2.87 bits per heavy atom. The number of nitrogens with one attached hydrogen (secondary N) is 1. The fraction of sp³-hybridized carbons (Fsp3) is 0.429. The number of aliphatic imine (C=N–C) groups is 1. The van der Waals surface area contributed by atoms with E-state index in [9.17, 15) is 19.5 Å². The van der Waals surface area contributed by atoms with Crippen LogP contribution in [0.1, 0.15) is 25.0 Å². The maximum Gasteiger partial charge on any atom is 0.352 e. The first-order chi connectivity index (χ1) is 18.2. The van der Waals surface area contributed by atoms with Crippen LogP contribution in [0.5, 0.6) is 0 Å². The highest BCUT2D eigenvalue weighted by atomic mass is 32.2. The van der Waals surface area contributed by atoms with Crippen LogP contribution in [0.3, 0.4) is 0 Å². The van der Waals surface area contributed by atoms with Gasteiger partial charge in [-0.05, 0) is 30.4 Å². The Bertz CT molecular complexity index is 1320. The number of fused-ring (bicyclic) bond motifs is 1. The largest absolute Gasteiger partial charge is 0.477 e. The first-order valence-corrected chi connectivity index (χ1v) is 14.4. The molecular weight excluding hydrogens is 554 g/mol. The molecule has 1 aliphatic carbocycles. The highest BCUT2D eigenvalue weighted by Crippen LogP contribution is 2.42. The predicted octanol–water partition coefficient (Wildman–Crippen LogP) is -0.184. The number of β-lactam (4-membered cyclic amide) rings is 1. The monoisotopic (exact) mass is 579 g/mol. The van der Waals surface area contributed by atoms with Gasteiger partial charge in [-0.1, -0.05) is 16.9 Å². The molecule has 38 heavy (non-hydrogen) atoms. The molecule has 1 aromatic heterocycles. The number of nitrogens with zero attached hydrogens (tertiary/aromatic N) is 5. The van der Waals surface area contributed by atoms with Gasteiger partial charge in [0.2, 0.25) is 0 Å². The highest BCUT2D eigenvalue weighted by Gasteiger charge is 2.54. The summed E-state index contributed by atoms with van der Waals surface area (Å²) in [6.07, 6.45) is 2.22. The SMILES string of the molecule is CO/N=C(\C(=O)NC1C(=O)N2C(C(=O)O)=C(CSC3=NC4=C(CCC4)C(N)N3N)CS[C@@H]12)c1csc(N)n1. The third-order valence-electron chi connectivity index (χ3n) is 6.41. The molecule has 1 saturated heterocycles. The van der Waals surface area contributed by atoms with Crippen LogP contribution < -0.4 is 22.6 Å². The number of anilines is 1. The van der Waals surface area contributed by atoms with Gasteiger partial charge in [0.1, 0.15) is 36.1 Å². The number of hydrazine groups is 1. The van der Waals surface area contributed by atoms with E-state index in [1.54, 1.807) is 5.38 Å². The number of rotatable bonds is 7. The van der Waals surface area contributed by atoms with E-state index in [-0.39, 0.29) is 28.0 Å². The van der Waals surface area contributed by atoms with Crippen LogP contribution in [0.4, 0.5) is 5.13 Å². The minimum absolute atomic E-state index is 0.0974. The number of carbonyl (C=O) groups is 3. The number of thioether (sulfide) groups is 2. The van der Waals surface area contributed by atoms with E-state index in [0.717, 1.165) is 41.9 Å². The second-order valence-electron chi connectivity index (χ2n) is 8.67. The number of carboxylic acids is 1. The van der Waals surface area contributed by atoms with Crippen LogP contribution in [-0.4, -0.2) is 84.9 Å². The molecule has 17 heteroatoms. The zero-order valence-electron chi connectivity index (χ0n) is 20.1. The molecule has 5 rings (SSSR count). The van der Waals surface area contributed by atoms with E-state index in [0.29, 0.717) is 16.5 Å². The minimum Gasteiger partial charge on any atom is -0.477 e. The molecule has 2 amide bonds. The Kier molecular flexibility index (Phi) is 7.36. The molecule has 3 atom stereocenters. The summed E-state index contributed by atoms with van der Waals surface area (Å²) in [5.74, 6) is 4.33. The fourth-order valence-electron chi connectivity index (χ4n) is 4.61. The lowest BCUT2D eigenvalue weighted by molar-refractivity contribution is -0.150. The first-order valence-electron chi connectivity index (χ1n) is 11.5. The van der Waals surface area contributed by atoms with Crippen LogP contribution in [0, 0.1) is 0 Å². The Balaban J connectivity index is 1.30. The van der Waals surface area contributed by atoms with Crippen LogP contribution in [0.15, 0.2) is 38.1 Å². The third kappa shape index (κ3) is 4.64. The quantitative estimate of drug-likeness (QED) is 0.123. The molecule has 1 fully saturated rings. The molecule has 4 heterocycles. The van der Waals surface area contributed by atoms with Crippen molar-refractivity contribution in [3.05, 3.63) is 33.6 Å². The third-order valence-corrected chi connectivity index (χ3v) is 9.48. The lowest BCUT2D eigenvalue weighted by atomic mass is 10.0. The van der Waals surface area contributed by atoms with E-state index in [4.69, 9.17) is 22.1 Å². The lowest BCUT2D eigenvalue weighted by Crippen LogP contribution is -2.71. The minimum atomic E-state index is -1.23. The van der Waals surface area contributed by atoms with Crippen molar-refractivity contribution in [1.82, 2.24) is 20.2 Å². The molecular formula is C21H25N9O5S3. The Morgan fingerprint density at radius 1 is 1.39 bits per heavy atom. The molecule has 1 aromatic rings. The molecule has 2 unspecified atom stereocenters. The molecule has 0 aromatic carbocycles. The number of oxime groups is 1. The van der Waals surface area contributed by atoms with E-state index >= 15 is 0 Å².